The van der Waals surface area contributed by atoms with Gasteiger partial charge in [-0.1, -0.05) is 5.21 Å². The maximum Gasteiger partial charge on any atom is 0.412 e. The van der Waals surface area contributed by atoms with Gasteiger partial charge in [-0.05, 0) is 30.2 Å². The standard InChI is InChI=1S/C15H18N6O3/c1-20-6-5-10-7-11(3-4-12(10)20)16-14(22)9-21-8-13(18-19-21)17-15(23)24-2/h3-4,7-8H,5-6,9H2,1-2H3,(H,16,22)(H,17,23). The highest BCUT2D eigenvalue weighted by molar-refractivity contribution is 5.91. The minimum Gasteiger partial charge on any atom is -0.453 e. The van der Waals surface area contributed by atoms with Crippen molar-refractivity contribution in [3.05, 3.63) is 30.0 Å². The molecule has 2 amide bonds. The molecule has 2 aromatic rings. The second kappa shape index (κ2) is 6.57. The third kappa shape index (κ3) is 3.45. The molecule has 1 aliphatic rings. The van der Waals surface area contributed by atoms with Gasteiger partial charge in [0.05, 0.1) is 13.3 Å². The molecule has 3 rings (SSSR count). The van der Waals surface area contributed by atoms with Crippen molar-refractivity contribution in [2.45, 2.75) is 13.0 Å². The molecule has 0 spiro atoms. The highest BCUT2D eigenvalue weighted by atomic mass is 16.5. The number of amides is 2. The Morgan fingerprint density at radius 2 is 2.17 bits per heavy atom. The number of likely N-dealkylation sites (N-methyl/N-ethyl adjacent to an activating group) is 1. The fourth-order valence-corrected chi connectivity index (χ4v) is 2.58. The van der Waals surface area contributed by atoms with Gasteiger partial charge in [0.1, 0.15) is 6.54 Å². The fourth-order valence-electron chi connectivity index (χ4n) is 2.58. The lowest BCUT2D eigenvalue weighted by Crippen LogP contribution is -2.19. The van der Waals surface area contributed by atoms with Gasteiger partial charge in [0, 0.05) is 25.0 Å². The molecule has 0 atom stereocenters. The van der Waals surface area contributed by atoms with Crippen molar-refractivity contribution < 1.29 is 14.3 Å². The Morgan fingerprint density at radius 3 is 2.96 bits per heavy atom. The van der Waals surface area contributed by atoms with Crippen molar-refractivity contribution in [3.8, 4) is 0 Å². The van der Waals surface area contributed by atoms with E-state index in [0.29, 0.717) is 0 Å². The summed E-state index contributed by atoms with van der Waals surface area (Å²) in [6.07, 6.45) is 1.78. The summed E-state index contributed by atoms with van der Waals surface area (Å²) < 4.78 is 5.79. The van der Waals surface area contributed by atoms with Gasteiger partial charge in [0.25, 0.3) is 0 Å². The quantitative estimate of drug-likeness (QED) is 0.870. The number of carbonyl (C=O) groups excluding carboxylic acids is 2. The summed E-state index contributed by atoms with van der Waals surface area (Å²) in [5, 5.41) is 12.7. The predicted octanol–water partition coefficient (Wildman–Crippen LogP) is 1.09. The molecule has 0 unspecified atom stereocenters. The summed E-state index contributed by atoms with van der Waals surface area (Å²) in [5.74, 6) is -0.00830. The second-order valence-electron chi connectivity index (χ2n) is 5.48. The lowest BCUT2D eigenvalue weighted by atomic mass is 10.1. The maximum atomic E-state index is 12.1. The third-order valence-electron chi connectivity index (χ3n) is 3.75. The zero-order valence-corrected chi connectivity index (χ0v) is 13.4. The van der Waals surface area contributed by atoms with Crippen molar-refractivity contribution in [3.63, 3.8) is 0 Å². The normalized spacial score (nSPS) is 12.7. The minimum absolute atomic E-state index is 0.00710. The van der Waals surface area contributed by atoms with Crippen LogP contribution in [-0.4, -0.2) is 47.7 Å². The maximum absolute atomic E-state index is 12.1. The second-order valence-corrected chi connectivity index (χ2v) is 5.48. The van der Waals surface area contributed by atoms with Gasteiger partial charge < -0.3 is 15.0 Å². The Morgan fingerprint density at radius 1 is 1.33 bits per heavy atom. The van der Waals surface area contributed by atoms with E-state index in [2.05, 4.69) is 37.6 Å². The van der Waals surface area contributed by atoms with Crippen LogP contribution in [-0.2, 0) is 22.5 Å². The molecule has 2 N–H and O–H groups in total. The minimum atomic E-state index is -0.644. The summed E-state index contributed by atoms with van der Waals surface area (Å²) in [6, 6.07) is 5.87. The number of rotatable bonds is 4. The van der Waals surface area contributed by atoms with Crippen LogP contribution in [0.5, 0.6) is 0 Å². The lowest BCUT2D eigenvalue weighted by molar-refractivity contribution is -0.116. The van der Waals surface area contributed by atoms with Crippen LogP contribution in [0.4, 0.5) is 22.0 Å². The van der Waals surface area contributed by atoms with Crippen molar-refractivity contribution in [2.75, 3.05) is 36.2 Å². The first-order valence-corrected chi connectivity index (χ1v) is 7.44. The number of ether oxygens (including phenoxy) is 1. The third-order valence-corrected chi connectivity index (χ3v) is 3.75. The SMILES string of the molecule is COC(=O)Nc1cn(CC(=O)Nc2ccc3c(c2)CCN3C)nn1. The monoisotopic (exact) mass is 330 g/mol. The highest BCUT2D eigenvalue weighted by Gasteiger charge is 2.16. The summed E-state index contributed by atoms with van der Waals surface area (Å²) in [4.78, 5) is 25.4. The molecule has 9 heteroatoms. The van der Waals surface area contributed by atoms with Crippen LogP contribution in [0.25, 0.3) is 0 Å². The Kier molecular flexibility index (Phi) is 4.32. The van der Waals surface area contributed by atoms with E-state index in [4.69, 9.17) is 0 Å². The van der Waals surface area contributed by atoms with E-state index >= 15 is 0 Å². The Hall–Kier alpha value is -3.10. The van der Waals surface area contributed by atoms with Crippen molar-refractivity contribution >= 4 is 29.2 Å². The zero-order valence-electron chi connectivity index (χ0n) is 13.4. The average molecular weight is 330 g/mol. The fraction of sp³-hybridized carbons (Fsp3) is 0.333. The first kappa shape index (κ1) is 15.8. The van der Waals surface area contributed by atoms with Gasteiger partial charge in [-0.3, -0.25) is 10.1 Å². The number of nitrogens with one attached hydrogen (secondary N) is 2. The van der Waals surface area contributed by atoms with Gasteiger partial charge in [0.15, 0.2) is 5.82 Å². The molecule has 24 heavy (non-hydrogen) atoms. The van der Waals surface area contributed by atoms with Gasteiger partial charge in [-0.15, -0.1) is 5.10 Å². The van der Waals surface area contributed by atoms with Crippen LogP contribution >= 0.6 is 0 Å². The summed E-state index contributed by atoms with van der Waals surface area (Å²) in [5.41, 5.74) is 3.17. The lowest BCUT2D eigenvalue weighted by Gasteiger charge is -2.12. The van der Waals surface area contributed by atoms with Crippen LogP contribution in [0.1, 0.15) is 5.56 Å². The van der Waals surface area contributed by atoms with E-state index in [9.17, 15) is 9.59 Å². The molecule has 0 fully saturated rings. The van der Waals surface area contributed by atoms with Gasteiger partial charge in [0.2, 0.25) is 5.91 Å². The molecule has 9 nitrogen and oxygen atoms in total. The highest BCUT2D eigenvalue weighted by Crippen LogP contribution is 2.29. The smallest absolute Gasteiger partial charge is 0.412 e. The number of aromatic nitrogens is 3. The largest absolute Gasteiger partial charge is 0.453 e. The number of nitrogens with zero attached hydrogens (tertiary/aromatic N) is 4. The van der Waals surface area contributed by atoms with E-state index in [-0.39, 0.29) is 18.3 Å². The number of methoxy groups -OCH3 is 1. The molecule has 0 aliphatic carbocycles. The molecule has 0 bridgehead atoms. The van der Waals surface area contributed by atoms with Crippen LogP contribution in [0.3, 0.4) is 0 Å². The predicted molar refractivity (Wildman–Crippen MR) is 88.1 cm³/mol. The molecular formula is C15H18N6O3. The number of hydrogen-bond donors (Lipinski definition) is 2. The van der Waals surface area contributed by atoms with Crippen LogP contribution < -0.4 is 15.5 Å². The van der Waals surface area contributed by atoms with Gasteiger partial charge >= 0.3 is 6.09 Å². The number of benzene rings is 1. The van der Waals surface area contributed by atoms with E-state index in [1.807, 2.05) is 18.2 Å². The molecule has 2 heterocycles. The number of anilines is 3. The summed E-state index contributed by atoms with van der Waals surface area (Å²) in [7, 11) is 3.30. The van der Waals surface area contributed by atoms with Gasteiger partial charge in [-0.2, -0.15) is 0 Å². The molecule has 1 aromatic carbocycles. The topological polar surface area (TPSA) is 101 Å². The van der Waals surface area contributed by atoms with E-state index < -0.39 is 6.09 Å². The Labute approximate surface area is 138 Å². The van der Waals surface area contributed by atoms with Crippen molar-refractivity contribution in [2.24, 2.45) is 0 Å². The zero-order chi connectivity index (χ0) is 17.1. The number of carbonyl (C=O) groups is 2. The Balaban J connectivity index is 1.59. The number of fused-ring (bicyclic) bond motifs is 1. The van der Waals surface area contributed by atoms with E-state index in [1.165, 1.54) is 29.2 Å². The van der Waals surface area contributed by atoms with Crippen LogP contribution in [0, 0.1) is 0 Å². The molecule has 0 saturated carbocycles. The number of hydrogen-bond acceptors (Lipinski definition) is 6. The average Bonchev–Trinajstić information content (AvgIpc) is 3.14. The molecule has 126 valence electrons. The summed E-state index contributed by atoms with van der Waals surface area (Å²) >= 11 is 0. The van der Waals surface area contributed by atoms with Crippen LogP contribution in [0.15, 0.2) is 24.4 Å². The molecule has 0 saturated heterocycles. The van der Waals surface area contributed by atoms with E-state index in [1.54, 1.807) is 0 Å². The van der Waals surface area contributed by atoms with Crippen molar-refractivity contribution in [1.29, 1.82) is 0 Å². The van der Waals surface area contributed by atoms with Crippen molar-refractivity contribution in [1.82, 2.24) is 15.0 Å². The first-order valence-electron chi connectivity index (χ1n) is 7.44. The Bertz CT molecular complexity index is 772. The summed E-state index contributed by atoms with van der Waals surface area (Å²) in [6.45, 7) is 0.981. The molecule has 0 radical (unpaired) electrons. The molecular weight excluding hydrogens is 312 g/mol. The van der Waals surface area contributed by atoms with E-state index in [0.717, 1.165) is 18.7 Å². The van der Waals surface area contributed by atoms with Gasteiger partial charge in [-0.25, -0.2) is 9.48 Å². The first-order chi connectivity index (χ1) is 11.5. The molecule has 1 aromatic heterocycles. The molecule has 1 aliphatic heterocycles. The van der Waals surface area contributed by atoms with Crippen LogP contribution in [0.2, 0.25) is 0 Å².